The monoisotopic (exact) mass is 197 g/mol. The maximum Gasteiger partial charge on any atom is 0.320 e. The molecule has 0 aliphatic heterocycles. The molecule has 0 aromatic heterocycles. The Balaban J connectivity index is 3.88. The number of amides is 2. The highest BCUT2D eigenvalue weighted by molar-refractivity contribution is 5.73. The molecule has 0 bridgehead atoms. The Morgan fingerprint density at radius 1 is 1.00 bits per heavy atom. The molecule has 80 valence electrons. The van der Waals surface area contributed by atoms with Gasteiger partial charge >= 0.3 is 6.03 Å². The van der Waals surface area contributed by atoms with E-state index in [0.29, 0.717) is 6.54 Å². The fourth-order valence-corrected chi connectivity index (χ4v) is 0.798. The van der Waals surface area contributed by atoms with Crippen molar-refractivity contribution in [2.75, 3.05) is 48.3 Å². The lowest BCUT2D eigenvalue weighted by molar-refractivity contribution is 0.187. The van der Waals surface area contributed by atoms with E-state index in [2.05, 4.69) is 11.8 Å². The van der Waals surface area contributed by atoms with Crippen molar-refractivity contribution in [1.29, 1.82) is 0 Å². The highest BCUT2D eigenvalue weighted by atomic mass is 16.2. The zero-order valence-corrected chi connectivity index (χ0v) is 9.66. The van der Waals surface area contributed by atoms with Gasteiger partial charge in [-0.2, -0.15) is 0 Å². The van der Waals surface area contributed by atoms with Crippen molar-refractivity contribution in [1.82, 2.24) is 14.7 Å². The molecule has 4 nitrogen and oxygen atoms in total. The van der Waals surface area contributed by atoms with Gasteiger partial charge in [-0.3, -0.25) is 4.90 Å². The van der Waals surface area contributed by atoms with Crippen LogP contribution < -0.4 is 0 Å². The second-order valence-corrected chi connectivity index (χ2v) is 3.62. The van der Waals surface area contributed by atoms with Crippen LogP contribution in [0.4, 0.5) is 4.79 Å². The van der Waals surface area contributed by atoms with Gasteiger partial charge in [0, 0.05) is 21.1 Å². The Bertz CT molecular complexity index is 237. The van der Waals surface area contributed by atoms with E-state index in [1.165, 1.54) is 4.90 Å². The van der Waals surface area contributed by atoms with E-state index in [4.69, 9.17) is 0 Å². The number of carbonyl (C=O) groups is 1. The standard InChI is InChI=1S/C10H19N3O/c1-11(2)8-6-7-9-13(5)10(14)12(3)4/h8-9H2,1-5H3. The lowest BCUT2D eigenvalue weighted by Gasteiger charge is -2.19. The first-order valence-electron chi connectivity index (χ1n) is 4.48. The third-order valence-corrected chi connectivity index (χ3v) is 1.55. The molecule has 0 aromatic rings. The molecule has 0 heterocycles. The van der Waals surface area contributed by atoms with Gasteiger partial charge in [-0.1, -0.05) is 11.8 Å². The Hall–Kier alpha value is -1.21. The van der Waals surface area contributed by atoms with Crippen LogP contribution in [0.2, 0.25) is 0 Å². The van der Waals surface area contributed by atoms with E-state index in [1.54, 1.807) is 26.0 Å². The number of hydrogen-bond acceptors (Lipinski definition) is 2. The Labute approximate surface area is 86.5 Å². The van der Waals surface area contributed by atoms with Crippen molar-refractivity contribution >= 4 is 6.03 Å². The summed E-state index contributed by atoms with van der Waals surface area (Å²) in [5.41, 5.74) is 0. The number of rotatable bonds is 2. The number of hydrogen-bond donors (Lipinski definition) is 0. The summed E-state index contributed by atoms with van der Waals surface area (Å²) in [7, 11) is 9.12. The summed E-state index contributed by atoms with van der Waals surface area (Å²) in [5.74, 6) is 5.91. The third-order valence-electron chi connectivity index (χ3n) is 1.55. The van der Waals surface area contributed by atoms with Crippen molar-refractivity contribution < 1.29 is 4.79 Å². The highest BCUT2D eigenvalue weighted by Crippen LogP contribution is 1.88. The molecule has 0 rings (SSSR count). The quantitative estimate of drug-likeness (QED) is 0.590. The van der Waals surface area contributed by atoms with Gasteiger partial charge in [-0.05, 0) is 14.1 Å². The number of nitrogens with zero attached hydrogens (tertiary/aromatic N) is 3. The predicted molar refractivity (Wildman–Crippen MR) is 58.0 cm³/mol. The Morgan fingerprint density at radius 3 is 1.93 bits per heavy atom. The first-order chi connectivity index (χ1) is 6.45. The molecule has 0 saturated carbocycles. The predicted octanol–water partition coefficient (Wildman–Crippen LogP) is 0.165. The first kappa shape index (κ1) is 12.8. The number of urea groups is 1. The van der Waals surface area contributed by atoms with E-state index < -0.39 is 0 Å². The molecule has 2 amide bonds. The molecule has 0 spiro atoms. The smallest absolute Gasteiger partial charge is 0.320 e. The molecule has 0 fully saturated rings. The SMILES string of the molecule is CN(C)CC#CCN(C)C(=O)N(C)C. The molecule has 0 aliphatic carbocycles. The van der Waals surface area contributed by atoms with E-state index in [-0.39, 0.29) is 6.03 Å². The topological polar surface area (TPSA) is 26.8 Å². The van der Waals surface area contributed by atoms with Gasteiger partial charge in [0.1, 0.15) is 0 Å². The Morgan fingerprint density at radius 2 is 1.50 bits per heavy atom. The van der Waals surface area contributed by atoms with Crippen LogP contribution in [0.1, 0.15) is 0 Å². The zero-order valence-electron chi connectivity index (χ0n) is 9.66. The van der Waals surface area contributed by atoms with Crippen molar-refractivity contribution in [2.45, 2.75) is 0 Å². The van der Waals surface area contributed by atoms with Crippen LogP contribution in [-0.4, -0.2) is 69.1 Å². The lowest BCUT2D eigenvalue weighted by Crippen LogP contribution is -2.36. The van der Waals surface area contributed by atoms with Gasteiger partial charge < -0.3 is 9.80 Å². The minimum absolute atomic E-state index is 0.0239. The summed E-state index contributed by atoms with van der Waals surface area (Å²) >= 11 is 0. The fourth-order valence-electron chi connectivity index (χ4n) is 0.798. The molecule has 0 saturated heterocycles. The summed E-state index contributed by atoms with van der Waals surface area (Å²) < 4.78 is 0. The second-order valence-electron chi connectivity index (χ2n) is 3.62. The molecule has 14 heavy (non-hydrogen) atoms. The average Bonchev–Trinajstić information content (AvgIpc) is 2.10. The van der Waals surface area contributed by atoms with Gasteiger partial charge in [-0.15, -0.1) is 0 Å². The molecule has 0 aromatic carbocycles. The molecule has 4 heteroatoms. The van der Waals surface area contributed by atoms with E-state index in [1.807, 2.05) is 19.0 Å². The van der Waals surface area contributed by atoms with Crippen LogP contribution in [0.5, 0.6) is 0 Å². The molecule has 0 radical (unpaired) electrons. The molecule has 0 aliphatic rings. The van der Waals surface area contributed by atoms with Crippen molar-refractivity contribution in [3.63, 3.8) is 0 Å². The van der Waals surface area contributed by atoms with Crippen molar-refractivity contribution in [3.8, 4) is 11.8 Å². The van der Waals surface area contributed by atoms with Crippen molar-refractivity contribution in [2.24, 2.45) is 0 Å². The molecule has 0 N–H and O–H groups in total. The van der Waals surface area contributed by atoms with Gasteiger partial charge in [0.05, 0.1) is 13.1 Å². The minimum atomic E-state index is -0.0239. The minimum Gasteiger partial charge on any atom is -0.331 e. The molecule has 0 unspecified atom stereocenters. The third kappa shape index (κ3) is 5.44. The van der Waals surface area contributed by atoms with E-state index in [0.717, 1.165) is 6.54 Å². The summed E-state index contributed by atoms with van der Waals surface area (Å²) in [6, 6.07) is -0.0239. The number of carbonyl (C=O) groups excluding carboxylic acids is 1. The normalized spacial score (nSPS) is 9.29. The van der Waals surface area contributed by atoms with E-state index >= 15 is 0 Å². The van der Waals surface area contributed by atoms with Gasteiger partial charge in [0.2, 0.25) is 0 Å². The summed E-state index contributed by atoms with van der Waals surface area (Å²) in [4.78, 5) is 16.5. The molecular formula is C10H19N3O. The van der Waals surface area contributed by atoms with Gasteiger partial charge in [0.25, 0.3) is 0 Å². The van der Waals surface area contributed by atoms with Crippen molar-refractivity contribution in [3.05, 3.63) is 0 Å². The lowest BCUT2D eigenvalue weighted by atomic mass is 10.5. The summed E-state index contributed by atoms with van der Waals surface area (Å²) in [6.07, 6.45) is 0. The van der Waals surface area contributed by atoms with Crippen LogP contribution in [0.25, 0.3) is 0 Å². The first-order valence-corrected chi connectivity index (χ1v) is 4.48. The van der Waals surface area contributed by atoms with Gasteiger partial charge in [-0.25, -0.2) is 4.79 Å². The maximum absolute atomic E-state index is 11.3. The molecule has 0 atom stereocenters. The van der Waals surface area contributed by atoms with Crippen LogP contribution in [-0.2, 0) is 0 Å². The molecular weight excluding hydrogens is 178 g/mol. The maximum atomic E-state index is 11.3. The van der Waals surface area contributed by atoms with Crippen LogP contribution in [0.15, 0.2) is 0 Å². The van der Waals surface area contributed by atoms with E-state index in [9.17, 15) is 4.79 Å². The second kappa shape index (κ2) is 6.28. The van der Waals surface area contributed by atoms with Crippen LogP contribution >= 0.6 is 0 Å². The van der Waals surface area contributed by atoms with Crippen LogP contribution in [0, 0.1) is 11.8 Å². The fraction of sp³-hybridized carbons (Fsp3) is 0.700. The summed E-state index contributed by atoms with van der Waals surface area (Å²) in [5, 5.41) is 0. The highest BCUT2D eigenvalue weighted by Gasteiger charge is 2.07. The average molecular weight is 197 g/mol. The Kier molecular flexibility index (Phi) is 5.73. The van der Waals surface area contributed by atoms with Crippen LogP contribution in [0.3, 0.4) is 0 Å². The van der Waals surface area contributed by atoms with Gasteiger partial charge in [0.15, 0.2) is 0 Å². The zero-order chi connectivity index (χ0) is 11.1. The largest absolute Gasteiger partial charge is 0.331 e. The summed E-state index contributed by atoms with van der Waals surface area (Å²) in [6.45, 7) is 1.20.